The first-order chi connectivity index (χ1) is 14.7. The molecule has 2 aromatic carbocycles. The van der Waals surface area contributed by atoms with Crippen molar-refractivity contribution in [1.29, 1.82) is 0 Å². The third-order valence-electron chi connectivity index (χ3n) is 5.02. The molecule has 9 heteroatoms. The second-order valence-corrected chi connectivity index (χ2v) is 11.8. The quantitative estimate of drug-likeness (QED) is 0.531. The van der Waals surface area contributed by atoms with Crippen LogP contribution in [-0.2, 0) is 20.4 Å². The molecule has 0 aliphatic carbocycles. The van der Waals surface area contributed by atoms with Crippen LogP contribution < -0.4 is 4.72 Å². The number of rotatable bonds is 8. The lowest BCUT2D eigenvalue weighted by atomic mass is 9.82. The Morgan fingerprint density at radius 3 is 2.45 bits per heavy atom. The molecule has 166 valence electrons. The maximum absolute atomic E-state index is 13.5. The van der Waals surface area contributed by atoms with Crippen LogP contribution in [0.5, 0.6) is 0 Å². The van der Waals surface area contributed by atoms with Crippen LogP contribution in [0.3, 0.4) is 0 Å². The number of carbonyl (C=O) groups excluding carboxylic acids is 1. The molecule has 1 heterocycles. The number of hydrogen-bond donors (Lipinski definition) is 1. The van der Waals surface area contributed by atoms with Crippen molar-refractivity contribution in [3.8, 4) is 0 Å². The van der Waals surface area contributed by atoms with Crippen LogP contribution >= 0.6 is 35.1 Å². The Hall–Kier alpha value is -1.32. The van der Waals surface area contributed by atoms with Gasteiger partial charge in [0.2, 0.25) is 15.1 Å². The molecule has 0 spiro atoms. The third kappa shape index (κ3) is 5.03. The molecule has 0 aromatic heterocycles. The lowest BCUT2D eigenvalue weighted by Crippen LogP contribution is -2.52. The maximum Gasteiger partial charge on any atom is 0.240 e. The molecule has 0 saturated carbocycles. The number of sulfonamides is 1. The van der Waals surface area contributed by atoms with Gasteiger partial charge in [0.25, 0.3) is 0 Å². The highest BCUT2D eigenvalue weighted by Crippen LogP contribution is 2.47. The molecular weight excluding hydrogens is 472 g/mol. The predicted octanol–water partition coefficient (Wildman–Crippen LogP) is 5.37. The first-order valence-corrected chi connectivity index (χ1v) is 13.7. The van der Waals surface area contributed by atoms with Gasteiger partial charge in [-0.15, -0.1) is 0 Å². The highest BCUT2D eigenvalue weighted by molar-refractivity contribution is 8.45. The Labute approximate surface area is 197 Å². The summed E-state index contributed by atoms with van der Waals surface area (Å²) in [6, 6.07) is 12.9. The minimum Gasteiger partial charge on any atom is -0.283 e. The number of aliphatic imine (C=N–C) groups is 1. The first-order valence-electron chi connectivity index (χ1n) is 10.0. The zero-order valence-electron chi connectivity index (χ0n) is 17.6. The molecule has 0 bridgehead atoms. The smallest absolute Gasteiger partial charge is 0.240 e. The van der Waals surface area contributed by atoms with Gasteiger partial charge in [0.05, 0.1) is 10.9 Å². The lowest BCUT2D eigenvalue weighted by molar-refractivity contribution is -0.116. The van der Waals surface area contributed by atoms with Crippen molar-refractivity contribution < 1.29 is 13.2 Å². The van der Waals surface area contributed by atoms with Crippen molar-refractivity contribution in [2.45, 2.75) is 50.1 Å². The van der Waals surface area contributed by atoms with E-state index in [4.69, 9.17) is 16.6 Å². The monoisotopic (exact) mass is 496 g/mol. The summed E-state index contributed by atoms with van der Waals surface area (Å²) >= 11 is 9.05. The van der Waals surface area contributed by atoms with Crippen LogP contribution in [0.4, 0.5) is 0 Å². The van der Waals surface area contributed by atoms with E-state index in [1.807, 2.05) is 20.8 Å². The molecule has 1 aliphatic rings. The Balaban J connectivity index is 2.14. The lowest BCUT2D eigenvalue weighted by Gasteiger charge is -2.34. The summed E-state index contributed by atoms with van der Waals surface area (Å²) < 4.78 is 29.9. The highest BCUT2D eigenvalue weighted by Gasteiger charge is 2.53. The number of nitrogens with zero attached hydrogens (tertiary/aromatic N) is 1. The van der Waals surface area contributed by atoms with E-state index in [1.165, 1.54) is 11.8 Å². The van der Waals surface area contributed by atoms with Gasteiger partial charge in [-0.25, -0.2) is 18.1 Å². The number of nitrogens with one attached hydrogen (secondary N) is 1. The van der Waals surface area contributed by atoms with E-state index in [2.05, 4.69) is 4.72 Å². The fourth-order valence-electron chi connectivity index (χ4n) is 3.52. The highest BCUT2D eigenvalue weighted by atomic mass is 35.5. The average Bonchev–Trinajstić information content (AvgIpc) is 3.05. The molecule has 0 fully saturated rings. The molecule has 2 aromatic rings. The maximum atomic E-state index is 13.5. The van der Waals surface area contributed by atoms with Crippen LogP contribution in [0.2, 0.25) is 5.02 Å². The van der Waals surface area contributed by atoms with Crippen molar-refractivity contribution in [3.63, 3.8) is 0 Å². The normalized spacial score (nSPS) is 20.0. The van der Waals surface area contributed by atoms with Crippen LogP contribution in [0.25, 0.3) is 0 Å². The molecule has 0 saturated heterocycles. The molecular formula is C22H25ClN2O3S3. The summed E-state index contributed by atoms with van der Waals surface area (Å²) in [4.78, 5) is 18.4. The predicted molar refractivity (Wildman–Crippen MR) is 131 cm³/mol. The second kappa shape index (κ2) is 10.1. The van der Waals surface area contributed by atoms with E-state index in [1.54, 1.807) is 48.5 Å². The molecule has 2 atom stereocenters. The Kier molecular flexibility index (Phi) is 7.91. The minimum atomic E-state index is -3.88. The van der Waals surface area contributed by atoms with Gasteiger partial charge >= 0.3 is 0 Å². The van der Waals surface area contributed by atoms with Gasteiger partial charge < -0.3 is 0 Å². The number of benzene rings is 2. The summed E-state index contributed by atoms with van der Waals surface area (Å²) in [5.74, 6) is 0.755. The zero-order chi connectivity index (χ0) is 22.6. The molecule has 0 radical (unpaired) electrons. The van der Waals surface area contributed by atoms with E-state index in [0.717, 1.165) is 23.1 Å². The number of hydrogen-bond acceptors (Lipinski definition) is 6. The van der Waals surface area contributed by atoms with Crippen molar-refractivity contribution in [1.82, 2.24) is 4.72 Å². The zero-order valence-corrected chi connectivity index (χ0v) is 20.8. The van der Waals surface area contributed by atoms with Gasteiger partial charge in [-0.05, 0) is 49.1 Å². The topological polar surface area (TPSA) is 75.6 Å². The SMILES string of the molecule is CCC[C@H](NS(=O)(=O)c1ccc(C)cc1)[C@]1(c2ccccc2Cl)N=C(SCC)SC1=O. The fraction of sp³-hybridized carbons (Fsp3) is 0.364. The van der Waals surface area contributed by atoms with E-state index < -0.39 is 21.6 Å². The second-order valence-electron chi connectivity index (χ2n) is 7.22. The largest absolute Gasteiger partial charge is 0.283 e. The van der Waals surface area contributed by atoms with Crippen LogP contribution in [0.1, 0.15) is 37.8 Å². The van der Waals surface area contributed by atoms with Gasteiger partial charge in [0.15, 0.2) is 5.54 Å². The molecule has 1 aliphatic heterocycles. The molecule has 31 heavy (non-hydrogen) atoms. The van der Waals surface area contributed by atoms with Gasteiger partial charge in [-0.2, -0.15) is 0 Å². The van der Waals surface area contributed by atoms with Crippen LogP contribution in [0.15, 0.2) is 58.4 Å². The number of thioether (sulfide) groups is 2. The minimum absolute atomic E-state index is 0.152. The van der Waals surface area contributed by atoms with Crippen LogP contribution in [0, 0.1) is 6.92 Å². The Bertz CT molecular complexity index is 1090. The van der Waals surface area contributed by atoms with E-state index >= 15 is 0 Å². The summed E-state index contributed by atoms with van der Waals surface area (Å²) in [7, 11) is -3.88. The van der Waals surface area contributed by atoms with E-state index in [-0.39, 0.29) is 10.0 Å². The summed E-state index contributed by atoms with van der Waals surface area (Å²) in [5, 5.41) is 0.167. The number of aryl methyl sites for hydroxylation is 1. The van der Waals surface area contributed by atoms with Crippen molar-refractivity contribution in [2.24, 2.45) is 4.99 Å². The van der Waals surface area contributed by atoms with Crippen molar-refractivity contribution in [2.75, 3.05) is 5.75 Å². The fourth-order valence-corrected chi connectivity index (χ4v) is 7.16. The molecule has 3 rings (SSSR count). The summed E-state index contributed by atoms with van der Waals surface area (Å²) in [6.07, 6.45) is 1.09. The summed E-state index contributed by atoms with van der Waals surface area (Å²) in [5.41, 5.74) is 0.0598. The Morgan fingerprint density at radius 2 is 1.84 bits per heavy atom. The van der Waals surface area contributed by atoms with Crippen molar-refractivity contribution in [3.05, 3.63) is 64.7 Å². The molecule has 0 unspecified atom stereocenters. The molecule has 0 amide bonds. The number of halogens is 1. The first kappa shape index (κ1) is 24.3. The van der Waals surface area contributed by atoms with E-state index in [9.17, 15) is 13.2 Å². The van der Waals surface area contributed by atoms with E-state index in [0.29, 0.717) is 27.8 Å². The van der Waals surface area contributed by atoms with Gasteiger partial charge in [0, 0.05) is 10.6 Å². The number of carbonyl (C=O) groups is 1. The average molecular weight is 497 g/mol. The van der Waals surface area contributed by atoms with Crippen LogP contribution in [-0.4, -0.2) is 29.7 Å². The van der Waals surface area contributed by atoms with Gasteiger partial charge in [0.1, 0.15) is 4.38 Å². The Morgan fingerprint density at radius 1 is 1.16 bits per heavy atom. The van der Waals surface area contributed by atoms with Gasteiger partial charge in [-0.3, -0.25) is 4.79 Å². The molecule has 1 N–H and O–H groups in total. The molecule has 5 nitrogen and oxygen atoms in total. The van der Waals surface area contributed by atoms with Crippen molar-refractivity contribution >= 4 is 54.6 Å². The van der Waals surface area contributed by atoms with Gasteiger partial charge in [-0.1, -0.05) is 79.5 Å². The third-order valence-corrected chi connectivity index (χ3v) is 8.83. The summed E-state index contributed by atoms with van der Waals surface area (Å²) in [6.45, 7) is 5.83. The standard InChI is InChI=1S/C22H25ClN2O3S3/c1-4-8-19(25-31(27,28)16-13-11-15(3)12-14-16)22(17-9-6-7-10-18(17)23)20(26)30-21(24-22)29-5-2/h6-7,9-14,19,25H,4-5,8H2,1-3H3/t19-,22-/m0/s1.